The zero-order chi connectivity index (χ0) is 24.8. The highest BCUT2D eigenvalue weighted by Gasteiger charge is 2.27. The van der Waals surface area contributed by atoms with E-state index in [1.807, 2.05) is 6.92 Å². The second kappa shape index (κ2) is 8.61. The first-order valence-corrected chi connectivity index (χ1v) is 13.6. The maximum absolute atomic E-state index is 13.4. The number of nitrogens with one attached hydrogen (secondary N) is 1. The van der Waals surface area contributed by atoms with E-state index in [-0.39, 0.29) is 20.9 Å². The summed E-state index contributed by atoms with van der Waals surface area (Å²) in [4.78, 5) is -0.373. The zero-order valence-corrected chi connectivity index (χ0v) is 21.0. The van der Waals surface area contributed by atoms with Crippen molar-refractivity contribution in [2.24, 2.45) is 0 Å². The molecule has 0 aliphatic rings. The van der Waals surface area contributed by atoms with Crippen LogP contribution >= 0.6 is 11.6 Å². The molecule has 0 bridgehead atoms. The van der Waals surface area contributed by atoms with Crippen LogP contribution in [0, 0.1) is 20.8 Å². The molecular weight excluding hydrogens is 494 g/mol. The number of halogens is 1. The predicted octanol–water partition coefficient (Wildman–Crippen LogP) is 5.76. The average molecular weight is 516 g/mol. The predicted molar refractivity (Wildman–Crippen MR) is 134 cm³/mol. The van der Waals surface area contributed by atoms with Crippen LogP contribution < -0.4 is 4.72 Å². The van der Waals surface area contributed by atoms with Gasteiger partial charge in [-0.1, -0.05) is 53.6 Å². The highest BCUT2D eigenvalue weighted by Crippen LogP contribution is 2.40. The Morgan fingerprint density at radius 2 is 1.35 bits per heavy atom. The molecular formula is C25H22ClNO5S2. The molecule has 0 saturated heterocycles. The van der Waals surface area contributed by atoms with E-state index in [4.69, 9.17) is 11.6 Å². The summed E-state index contributed by atoms with van der Waals surface area (Å²) in [6.45, 7) is 5.30. The SMILES string of the molecule is Cc1cc(C)c(S(=O)(=O)Nc2cc(S(=O)(=O)c3ccc(Cl)cc3)c(O)c3ccccc23)c(C)c1. The van der Waals surface area contributed by atoms with Crippen LogP contribution in [0.15, 0.2) is 81.4 Å². The van der Waals surface area contributed by atoms with Crippen molar-refractivity contribution in [2.75, 3.05) is 4.72 Å². The van der Waals surface area contributed by atoms with E-state index in [1.165, 1.54) is 30.3 Å². The third-order valence-corrected chi connectivity index (χ3v) is 9.22. The Bertz CT molecular complexity index is 1620. The quantitative estimate of drug-likeness (QED) is 0.329. The molecule has 176 valence electrons. The molecule has 0 atom stereocenters. The summed E-state index contributed by atoms with van der Waals surface area (Å²) in [5.74, 6) is -0.462. The van der Waals surface area contributed by atoms with Gasteiger partial charge in [-0.15, -0.1) is 0 Å². The number of phenols is 1. The smallest absolute Gasteiger partial charge is 0.262 e. The normalized spacial score (nSPS) is 12.1. The molecule has 0 radical (unpaired) electrons. The minimum atomic E-state index is -4.19. The van der Waals surface area contributed by atoms with Crippen molar-refractivity contribution in [2.45, 2.75) is 35.5 Å². The summed E-state index contributed by atoms with van der Waals surface area (Å²) >= 11 is 5.89. The lowest BCUT2D eigenvalue weighted by Gasteiger charge is -2.17. The Kier molecular flexibility index (Phi) is 6.10. The van der Waals surface area contributed by atoms with Gasteiger partial charge in [0.05, 0.1) is 15.5 Å². The fourth-order valence-corrected chi connectivity index (χ4v) is 7.19. The first kappa shape index (κ1) is 24.1. The molecule has 0 saturated carbocycles. The first-order valence-electron chi connectivity index (χ1n) is 10.3. The van der Waals surface area contributed by atoms with Crippen molar-refractivity contribution in [1.82, 2.24) is 0 Å². The molecule has 0 spiro atoms. The number of hydrogen-bond donors (Lipinski definition) is 2. The van der Waals surface area contributed by atoms with Crippen LogP contribution in [0.2, 0.25) is 5.02 Å². The van der Waals surface area contributed by atoms with Crippen LogP contribution in [0.3, 0.4) is 0 Å². The number of rotatable bonds is 5. The van der Waals surface area contributed by atoms with Gasteiger partial charge in [-0.2, -0.15) is 0 Å². The van der Waals surface area contributed by atoms with Gasteiger partial charge in [0.1, 0.15) is 10.6 Å². The van der Waals surface area contributed by atoms with Crippen molar-refractivity contribution < 1.29 is 21.9 Å². The summed E-state index contributed by atoms with van der Waals surface area (Å²) in [7, 11) is -8.26. The van der Waals surface area contributed by atoms with Crippen molar-refractivity contribution in [3.8, 4) is 5.75 Å². The Labute approximate surface area is 203 Å². The first-order chi connectivity index (χ1) is 15.9. The molecule has 0 aromatic heterocycles. The largest absolute Gasteiger partial charge is 0.506 e. The number of sulfone groups is 1. The second-order valence-corrected chi connectivity index (χ2v) is 12.1. The lowest BCUT2D eigenvalue weighted by atomic mass is 10.1. The van der Waals surface area contributed by atoms with Gasteiger partial charge in [0.25, 0.3) is 10.0 Å². The summed E-state index contributed by atoms with van der Waals surface area (Å²) in [6, 6.07) is 16.7. The minimum absolute atomic E-state index is 0.0420. The standard InChI is InChI=1S/C25H22ClNO5S2/c1-15-12-16(2)25(17(3)13-15)34(31,32)27-22-14-23(24(28)21-7-5-4-6-20(21)22)33(29,30)19-10-8-18(26)9-11-19/h4-14,27-28H,1-3H3. The van der Waals surface area contributed by atoms with Crippen LogP contribution in [0.25, 0.3) is 10.8 Å². The molecule has 4 aromatic carbocycles. The number of sulfonamides is 1. The van der Waals surface area contributed by atoms with Gasteiger partial charge in [-0.25, -0.2) is 16.8 Å². The van der Waals surface area contributed by atoms with Gasteiger partial charge in [0.15, 0.2) is 0 Å². The van der Waals surface area contributed by atoms with E-state index in [2.05, 4.69) is 4.72 Å². The maximum atomic E-state index is 13.4. The average Bonchev–Trinajstić information content (AvgIpc) is 2.75. The van der Waals surface area contributed by atoms with Crippen LogP contribution in [0.5, 0.6) is 5.75 Å². The maximum Gasteiger partial charge on any atom is 0.262 e. The summed E-state index contributed by atoms with van der Waals surface area (Å²) < 4.78 is 56.1. The third-order valence-electron chi connectivity index (χ3n) is 5.51. The Hall–Kier alpha value is -3.07. The van der Waals surface area contributed by atoms with Gasteiger partial charge in [0.2, 0.25) is 9.84 Å². The third kappa shape index (κ3) is 4.24. The Morgan fingerprint density at radius 3 is 1.94 bits per heavy atom. The van der Waals surface area contributed by atoms with Crippen LogP contribution in [-0.4, -0.2) is 21.9 Å². The molecule has 0 aliphatic heterocycles. The van der Waals surface area contributed by atoms with E-state index in [0.29, 0.717) is 21.5 Å². The molecule has 4 rings (SSSR count). The summed E-state index contributed by atoms with van der Waals surface area (Å²) in [5.41, 5.74) is 2.12. The van der Waals surface area contributed by atoms with Crippen molar-refractivity contribution in [3.05, 3.63) is 88.4 Å². The van der Waals surface area contributed by atoms with Crippen molar-refractivity contribution in [1.29, 1.82) is 0 Å². The molecule has 0 amide bonds. The molecule has 34 heavy (non-hydrogen) atoms. The molecule has 0 fully saturated rings. The summed E-state index contributed by atoms with van der Waals surface area (Å²) in [5, 5.41) is 11.8. The van der Waals surface area contributed by atoms with Gasteiger partial charge >= 0.3 is 0 Å². The monoisotopic (exact) mass is 515 g/mol. The van der Waals surface area contributed by atoms with Crippen LogP contribution in [-0.2, 0) is 19.9 Å². The van der Waals surface area contributed by atoms with E-state index in [9.17, 15) is 21.9 Å². The second-order valence-electron chi connectivity index (χ2n) is 8.11. The number of phenolic OH excluding ortho intramolecular Hbond substituents is 1. The number of anilines is 1. The molecule has 9 heteroatoms. The molecule has 0 aliphatic carbocycles. The Morgan fingerprint density at radius 1 is 0.794 bits per heavy atom. The number of fused-ring (bicyclic) bond motifs is 1. The zero-order valence-electron chi connectivity index (χ0n) is 18.6. The number of benzene rings is 4. The van der Waals surface area contributed by atoms with E-state index in [0.717, 1.165) is 11.6 Å². The molecule has 6 nitrogen and oxygen atoms in total. The fraction of sp³-hybridized carbons (Fsp3) is 0.120. The highest BCUT2D eigenvalue weighted by molar-refractivity contribution is 7.93. The van der Waals surface area contributed by atoms with E-state index >= 15 is 0 Å². The van der Waals surface area contributed by atoms with Crippen molar-refractivity contribution in [3.63, 3.8) is 0 Å². The lowest BCUT2D eigenvalue weighted by Crippen LogP contribution is -2.16. The molecule has 2 N–H and O–H groups in total. The lowest BCUT2D eigenvalue weighted by molar-refractivity contribution is 0.465. The highest BCUT2D eigenvalue weighted by atomic mass is 35.5. The van der Waals surface area contributed by atoms with E-state index < -0.39 is 30.5 Å². The van der Waals surface area contributed by atoms with Gasteiger partial charge in [-0.3, -0.25) is 4.72 Å². The molecule has 0 heterocycles. The Balaban J connectivity index is 1.94. The molecule has 4 aromatic rings. The van der Waals surface area contributed by atoms with Crippen LogP contribution in [0.1, 0.15) is 16.7 Å². The summed E-state index contributed by atoms with van der Waals surface area (Å²) in [6.07, 6.45) is 0. The minimum Gasteiger partial charge on any atom is -0.506 e. The fourth-order valence-electron chi connectivity index (χ4n) is 4.15. The number of aromatic hydroxyl groups is 1. The van der Waals surface area contributed by atoms with Gasteiger partial charge in [-0.05, 0) is 62.2 Å². The molecule has 0 unspecified atom stereocenters. The topological polar surface area (TPSA) is 101 Å². The van der Waals surface area contributed by atoms with Gasteiger partial charge < -0.3 is 5.11 Å². The van der Waals surface area contributed by atoms with Gasteiger partial charge in [0, 0.05) is 15.8 Å². The van der Waals surface area contributed by atoms with Crippen molar-refractivity contribution >= 4 is 47.9 Å². The van der Waals surface area contributed by atoms with E-state index in [1.54, 1.807) is 44.2 Å². The van der Waals surface area contributed by atoms with Crippen LogP contribution in [0.4, 0.5) is 5.69 Å². The number of hydrogen-bond acceptors (Lipinski definition) is 5. The number of aryl methyl sites for hydroxylation is 3.